The molecule has 0 aliphatic carbocycles. The lowest BCUT2D eigenvalue weighted by molar-refractivity contribution is -0.140. The highest BCUT2D eigenvalue weighted by atomic mass is 32.2. The first kappa shape index (κ1) is 34.4. The Balaban J connectivity index is 1.81. The molecule has 0 aliphatic heterocycles. The molecule has 8 heteroatoms. The highest BCUT2D eigenvalue weighted by molar-refractivity contribution is 7.92. The fraction of sp³-hybridized carbons (Fsp3) is 0.316. The lowest BCUT2D eigenvalue weighted by Crippen LogP contribution is -2.54. The van der Waals surface area contributed by atoms with Crippen LogP contribution in [0, 0.1) is 13.8 Å². The molecule has 1 atom stereocenters. The van der Waals surface area contributed by atoms with Crippen molar-refractivity contribution in [1.29, 1.82) is 0 Å². The first-order valence-corrected chi connectivity index (χ1v) is 17.2. The number of hydrogen-bond acceptors (Lipinski definition) is 4. The molecule has 4 aromatic rings. The summed E-state index contributed by atoms with van der Waals surface area (Å²) in [5.74, 6) is -0.529. The molecule has 4 aromatic carbocycles. The van der Waals surface area contributed by atoms with E-state index in [0.717, 1.165) is 32.1 Å². The zero-order chi connectivity index (χ0) is 33.4. The lowest BCUT2D eigenvalue weighted by atomic mass is 10.0. The summed E-state index contributed by atoms with van der Waals surface area (Å²) in [4.78, 5) is 30.0. The molecule has 0 saturated heterocycles. The Morgan fingerprint density at radius 1 is 0.717 bits per heavy atom. The van der Waals surface area contributed by atoms with Gasteiger partial charge in [0.05, 0.1) is 10.6 Å². The van der Waals surface area contributed by atoms with Crippen molar-refractivity contribution < 1.29 is 18.0 Å². The number of carbonyl (C=O) groups excluding carboxylic acids is 2. The smallest absolute Gasteiger partial charge is 0.264 e. The largest absolute Gasteiger partial charge is 0.352 e. The van der Waals surface area contributed by atoms with Gasteiger partial charge in [-0.25, -0.2) is 8.42 Å². The molecule has 0 spiro atoms. The first-order chi connectivity index (χ1) is 21.8. The number of aryl methyl sites for hydroxylation is 2. The zero-order valence-electron chi connectivity index (χ0n) is 27.6. The van der Waals surface area contributed by atoms with Gasteiger partial charge in [-0.15, -0.1) is 0 Å². The van der Waals surface area contributed by atoms with Gasteiger partial charge in [-0.1, -0.05) is 104 Å². The van der Waals surface area contributed by atoms with Crippen molar-refractivity contribution in [1.82, 2.24) is 10.2 Å². The molecule has 0 aromatic heterocycles. The number of anilines is 1. The van der Waals surface area contributed by atoms with E-state index in [1.54, 1.807) is 36.4 Å². The summed E-state index contributed by atoms with van der Waals surface area (Å²) in [5.41, 5.74) is 5.15. The molecule has 0 unspecified atom stereocenters. The molecular weight excluding hydrogens is 595 g/mol. The van der Waals surface area contributed by atoms with Gasteiger partial charge in [0.1, 0.15) is 12.6 Å². The highest BCUT2D eigenvalue weighted by Crippen LogP contribution is 2.27. The van der Waals surface area contributed by atoms with Gasteiger partial charge < -0.3 is 10.2 Å². The van der Waals surface area contributed by atoms with Gasteiger partial charge in [-0.05, 0) is 74.6 Å². The van der Waals surface area contributed by atoms with Crippen molar-refractivity contribution in [2.45, 2.75) is 77.4 Å². The summed E-state index contributed by atoms with van der Waals surface area (Å²) >= 11 is 0. The maximum atomic E-state index is 14.6. The van der Waals surface area contributed by atoms with Crippen LogP contribution in [0.2, 0.25) is 0 Å². The molecule has 0 fully saturated rings. The number of nitrogens with one attached hydrogen (secondary N) is 1. The third-order valence-corrected chi connectivity index (χ3v) is 9.70. The van der Waals surface area contributed by atoms with E-state index in [9.17, 15) is 18.0 Å². The van der Waals surface area contributed by atoms with Crippen LogP contribution in [0.25, 0.3) is 0 Å². The Morgan fingerprint density at radius 3 is 1.83 bits per heavy atom. The Hall–Kier alpha value is -4.43. The summed E-state index contributed by atoms with van der Waals surface area (Å²) in [6, 6.07) is 30.2. The van der Waals surface area contributed by atoms with Crippen LogP contribution in [-0.4, -0.2) is 43.8 Å². The molecule has 0 heterocycles. The van der Waals surface area contributed by atoms with Crippen molar-refractivity contribution in [2.24, 2.45) is 0 Å². The van der Waals surface area contributed by atoms with Gasteiger partial charge >= 0.3 is 0 Å². The molecule has 0 bridgehead atoms. The molecule has 4 rings (SSSR count). The van der Waals surface area contributed by atoms with Gasteiger partial charge in [-0.3, -0.25) is 13.9 Å². The summed E-state index contributed by atoms with van der Waals surface area (Å²) in [5, 5.41) is 2.99. The maximum Gasteiger partial charge on any atom is 0.264 e. The fourth-order valence-electron chi connectivity index (χ4n) is 5.22. The highest BCUT2D eigenvalue weighted by Gasteiger charge is 2.34. The van der Waals surface area contributed by atoms with E-state index in [1.807, 2.05) is 94.4 Å². The second-order valence-corrected chi connectivity index (χ2v) is 14.3. The van der Waals surface area contributed by atoms with Crippen LogP contribution >= 0.6 is 0 Å². The van der Waals surface area contributed by atoms with Crippen LogP contribution in [0.5, 0.6) is 0 Å². The van der Waals surface area contributed by atoms with E-state index < -0.39 is 28.5 Å². The van der Waals surface area contributed by atoms with E-state index >= 15 is 0 Å². The number of rotatable bonds is 13. The first-order valence-electron chi connectivity index (χ1n) is 15.7. The van der Waals surface area contributed by atoms with Crippen molar-refractivity contribution in [3.05, 3.63) is 131 Å². The summed E-state index contributed by atoms with van der Waals surface area (Å²) in [7, 11) is -4.15. The molecule has 0 saturated carbocycles. The van der Waals surface area contributed by atoms with Crippen molar-refractivity contribution in [2.75, 3.05) is 10.8 Å². The molecular formula is C38H45N3O4S. The lowest BCUT2D eigenvalue weighted by Gasteiger charge is -2.34. The molecule has 0 radical (unpaired) electrons. The number of amides is 2. The topological polar surface area (TPSA) is 86.8 Å². The van der Waals surface area contributed by atoms with E-state index in [-0.39, 0.29) is 35.7 Å². The van der Waals surface area contributed by atoms with Crippen molar-refractivity contribution in [3.8, 4) is 0 Å². The molecule has 242 valence electrons. The van der Waals surface area contributed by atoms with Crippen LogP contribution in [0.4, 0.5) is 5.69 Å². The van der Waals surface area contributed by atoms with Crippen LogP contribution in [0.15, 0.2) is 108 Å². The van der Waals surface area contributed by atoms with Gasteiger partial charge in [0, 0.05) is 19.0 Å². The fourth-order valence-corrected chi connectivity index (χ4v) is 6.63. The SMILES string of the molecule is Cc1ccc(CN(C(=O)CN(c2ccc(C(C)C)cc2)S(=O)(=O)c2ccc(C)cc2)[C@@H](Cc2ccccc2)C(=O)NC(C)C)cc1. The Labute approximate surface area is 274 Å². The van der Waals surface area contributed by atoms with E-state index in [4.69, 9.17) is 0 Å². The van der Waals surface area contributed by atoms with E-state index in [0.29, 0.717) is 5.69 Å². The zero-order valence-corrected chi connectivity index (χ0v) is 28.4. The van der Waals surface area contributed by atoms with E-state index in [2.05, 4.69) is 19.2 Å². The van der Waals surface area contributed by atoms with Crippen LogP contribution < -0.4 is 9.62 Å². The minimum Gasteiger partial charge on any atom is -0.352 e. The van der Waals surface area contributed by atoms with Gasteiger partial charge in [0.2, 0.25) is 11.8 Å². The predicted octanol–water partition coefficient (Wildman–Crippen LogP) is 6.79. The normalized spacial score (nSPS) is 12.2. The Bertz CT molecular complexity index is 1700. The molecule has 2 amide bonds. The van der Waals surface area contributed by atoms with Gasteiger partial charge in [0.15, 0.2) is 0 Å². The summed E-state index contributed by atoms with van der Waals surface area (Å²) < 4.78 is 29.6. The van der Waals surface area contributed by atoms with Crippen molar-refractivity contribution in [3.63, 3.8) is 0 Å². The monoisotopic (exact) mass is 639 g/mol. The number of benzene rings is 4. The number of hydrogen-bond donors (Lipinski definition) is 1. The number of carbonyl (C=O) groups is 2. The summed E-state index contributed by atoms with van der Waals surface area (Å²) in [6.45, 7) is 11.4. The molecule has 7 nitrogen and oxygen atoms in total. The average molecular weight is 640 g/mol. The minimum atomic E-state index is -4.15. The molecule has 46 heavy (non-hydrogen) atoms. The quantitative estimate of drug-likeness (QED) is 0.175. The number of nitrogens with zero attached hydrogens (tertiary/aromatic N) is 2. The van der Waals surface area contributed by atoms with Crippen LogP contribution in [0.1, 0.15) is 61.4 Å². The van der Waals surface area contributed by atoms with E-state index in [1.165, 1.54) is 4.90 Å². The Kier molecular flexibility index (Phi) is 11.4. The van der Waals surface area contributed by atoms with Gasteiger partial charge in [0.25, 0.3) is 10.0 Å². The minimum absolute atomic E-state index is 0.0855. The maximum absolute atomic E-state index is 14.6. The second-order valence-electron chi connectivity index (χ2n) is 12.4. The molecule has 0 aliphatic rings. The molecule has 1 N–H and O–H groups in total. The third kappa shape index (κ3) is 8.85. The average Bonchev–Trinajstić information content (AvgIpc) is 3.02. The Morgan fingerprint density at radius 2 is 1.28 bits per heavy atom. The van der Waals surface area contributed by atoms with Crippen molar-refractivity contribution >= 4 is 27.5 Å². The standard InChI is InChI=1S/C38H45N3O4S/c1-27(2)33-18-20-34(21-19-33)41(46(44,45)35-22-14-30(6)15-23-35)26-37(42)40(25-32-16-12-29(5)13-17-32)36(38(43)39-28(3)4)24-31-10-8-7-9-11-31/h7-23,27-28,36H,24-26H2,1-6H3,(H,39,43)/t36-/m0/s1. The van der Waals surface area contributed by atoms with Crippen LogP contribution in [0.3, 0.4) is 0 Å². The second kappa shape index (κ2) is 15.2. The van der Waals surface area contributed by atoms with Crippen LogP contribution in [-0.2, 0) is 32.6 Å². The number of sulfonamides is 1. The summed E-state index contributed by atoms with van der Waals surface area (Å²) in [6.07, 6.45) is 0.269. The third-order valence-electron chi connectivity index (χ3n) is 7.91. The van der Waals surface area contributed by atoms with Gasteiger partial charge in [-0.2, -0.15) is 0 Å². The predicted molar refractivity (Wildman–Crippen MR) is 185 cm³/mol.